The quantitative estimate of drug-likeness (QED) is 0.0668. The molecule has 0 saturated carbocycles. The van der Waals surface area contributed by atoms with E-state index in [-0.39, 0.29) is 19.3 Å². The molecule has 0 heterocycles. The van der Waals surface area contributed by atoms with Crippen LogP contribution in [0.1, 0.15) is 48.0 Å². The van der Waals surface area contributed by atoms with Gasteiger partial charge in [-0.15, -0.1) is 0 Å². The summed E-state index contributed by atoms with van der Waals surface area (Å²) in [5, 5.41) is 15.0. The Morgan fingerprint density at radius 1 is 0.792 bits per heavy atom. The van der Waals surface area contributed by atoms with E-state index < -0.39 is 114 Å². The predicted octanol–water partition coefficient (Wildman–Crippen LogP) is 1.13. The van der Waals surface area contributed by atoms with Gasteiger partial charge in [-0.1, -0.05) is 35.6 Å². The van der Waals surface area contributed by atoms with Crippen molar-refractivity contribution in [1.82, 2.24) is 10.6 Å². The maximum absolute atomic E-state index is 14.3. The summed E-state index contributed by atoms with van der Waals surface area (Å²) in [6, 6.07) is 0. The number of carbonyl (C=O) groups is 9. The molecule has 3 N–H and O–H groups in total. The van der Waals surface area contributed by atoms with Gasteiger partial charge in [0.25, 0.3) is 5.91 Å². The zero-order valence-corrected chi connectivity index (χ0v) is 35.8. The molecule has 0 radical (unpaired) electrons. The van der Waals surface area contributed by atoms with Crippen LogP contribution in [0.15, 0.2) is 18.8 Å². The Bertz CT molecular complexity index is 1500. The van der Waals surface area contributed by atoms with Gasteiger partial charge in [0.2, 0.25) is 5.91 Å². The zero-order valence-electron chi connectivity index (χ0n) is 29.3. The van der Waals surface area contributed by atoms with E-state index in [1.54, 1.807) is 74.7 Å². The Balaban J connectivity index is 3.72. The first-order chi connectivity index (χ1) is 24.7. The van der Waals surface area contributed by atoms with Crippen molar-refractivity contribution in [1.29, 1.82) is 0 Å². The molecule has 0 fully saturated rings. The topological polar surface area (TPSA) is 263 Å². The number of ether oxygens (including phenoxy) is 7. The molecule has 6 unspecified atom stereocenters. The van der Waals surface area contributed by atoms with Crippen molar-refractivity contribution < 1.29 is 81.4 Å². The first kappa shape index (κ1) is 47.9. The third-order valence-corrected chi connectivity index (χ3v) is 10.1. The van der Waals surface area contributed by atoms with Crippen molar-refractivity contribution in [2.75, 3.05) is 33.0 Å². The van der Waals surface area contributed by atoms with Gasteiger partial charge in [-0.2, -0.15) is 0 Å². The maximum atomic E-state index is 14.3. The van der Waals surface area contributed by atoms with E-state index in [2.05, 4.69) is 10.6 Å². The lowest BCUT2D eigenvalue weighted by Gasteiger charge is -2.40. The van der Waals surface area contributed by atoms with Crippen LogP contribution in [0.25, 0.3) is 0 Å². The second-order valence-electron chi connectivity index (χ2n) is 10.9. The predicted molar refractivity (Wildman–Crippen MR) is 203 cm³/mol. The first-order valence-corrected chi connectivity index (χ1v) is 18.9. The molecule has 19 nitrogen and oxygen atoms in total. The molecule has 22 heteroatoms. The molecule has 0 aliphatic heterocycles. The number of halogens is 3. The van der Waals surface area contributed by atoms with E-state index in [1.165, 1.54) is 6.08 Å². The fourth-order valence-electron chi connectivity index (χ4n) is 4.57. The highest BCUT2D eigenvalue weighted by Gasteiger charge is 2.53. The Kier molecular flexibility index (Phi) is 20.7. The average Bonchev–Trinajstić information content (AvgIpc) is 3.02. The van der Waals surface area contributed by atoms with Crippen molar-refractivity contribution in [2.45, 2.75) is 81.8 Å². The van der Waals surface area contributed by atoms with E-state index in [0.717, 1.165) is 34.6 Å². The highest BCUT2D eigenvalue weighted by atomic mass is 127. The number of amides is 2. The largest absolute Gasteiger partial charge is 0.478 e. The van der Waals surface area contributed by atoms with Gasteiger partial charge in [-0.05, 0) is 51.6 Å². The summed E-state index contributed by atoms with van der Waals surface area (Å²) in [5.74, 6) is -8.88. The van der Waals surface area contributed by atoms with E-state index in [0.29, 0.717) is 6.42 Å². The number of carboxylic acids is 1. The van der Waals surface area contributed by atoms with Gasteiger partial charge in [0.1, 0.15) is 19.8 Å². The number of alkyl halides is 1. The Morgan fingerprint density at radius 2 is 1.32 bits per heavy atom. The summed E-state index contributed by atoms with van der Waals surface area (Å²) in [4.78, 5) is 112. The molecular weight excluding hydrogens is 1050 g/mol. The molecule has 0 aromatic carbocycles. The number of hydrogen-bond donors (Lipinski definition) is 3. The molecular formula is C31H39I3N2O17. The Morgan fingerprint density at radius 3 is 1.81 bits per heavy atom. The van der Waals surface area contributed by atoms with Crippen LogP contribution >= 0.6 is 67.8 Å². The van der Waals surface area contributed by atoms with Crippen LogP contribution in [-0.4, -0.2) is 126 Å². The monoisotopic (exact) mass is 1090 g/mol. The van der Waals surface area contributed by atoms with Crippen LogP contribution < -0.4 is 10.6 Å². The second-order valence-corrected chi connectivity index (χ2v) is 14.5. The number of nitrogens with one attached hydrogen (secondary N) is 2. The zero-order chi connectivity index (χ0) is 40.6. The smallest absolute Gasteiger partial charge is 0.337 e. The molecule has 1 aliphatic rings. The normalized spacial score (nSPS) is 18.8. The fourth-order valence-corrected chi connectivity index (χ4v) is 9.58. The van der Waals surface area contributed by atoms with Crippen LogP contribution in [0.2, 0.25) is 0 Å². The van der Waals surface area contributed by atoms with Crippen molar-refractivity contribution in [3.05, 3.63) is 18.8 Å². The van der Waals surface area contributed by atoms with E-state index in [4.69, 9.17) is 33.2 Å². The lowest BCUT2D eigenvalue weighted by molar-refractivity contribution is -0.202. The molecule has 0 spiro atoms. The average molecular weight is 1090 g/mol. The minimum absolute atomic E-state index is 0.130. The van der Waals surface area contributed by atoms with Gasteiger partial charge in [0, 0.05) is 41.8 Å². The number of hydrogen-bond acceptors (Lipinski definition) is 16. The third-order valence-electron chi connectivity index (χ3n) is 6.55. The lowest BCUT2D eigenvalue weighted by atomic mass is 9.86. The summed E-state index contributed by atoms with van der Waals surface area (Å²) in [6.45, 7) is 4.05. The van der Waals surface area contributed by atoms with Gasteiger partial charge >= 0.3 is 41.8 Å². The molecule has 53 heavy (non-hydrogen) atoms. The molecule has 6 atom stereocenters. The number of aliphatic carboxylic acids is 1. The van der Waals surface area contributed by atoms with Crippen LogP contribution in [-0.2, 0) is 76.3 Å². The van der Waals surface area contributed by atoms with Crippen molar-refractivity contribution in [2.24, 2.45) is 0 Å². The summed E-state index contributed by atoms with van der Waals surface area (Å²) < 4.78 is 35.5. The third kappa shape index (κ3) is 15.3. The Labute approximate surface area is 344 Å². The maximum Gasteiger partial charge on any atom is 0.337 e. The van der Waals surface area contributed by atoms with Gasteiger partial charge in [0.05, 0.1) is 22.6 Å². The second kappa shape index (κ2) is 22.9. The standard InChI is InChI=1S/C31H39I3N2O17/c1-7-8-48-24(43)13-47-12-23(42)36-31(22(33)9-19(32)25(28(31)34)29(44)45)30(46)35-10-20(50-15(3)38)26(52-17(5)40)27(53-18(6)41)21(51-16(4)39)11-49-14(2)37/h9,20-22,26-27H,7-8,10-13H2,1-6H3,(H,35,46)(H,36,42)(H,44,45). The van der Waals surface area contributed by atoms with Gasteiger partial charge in [-0.3, -0.25) is 33.6 Å². The fraction of sp³-hybridized carbons (Fsp3) is 0.581. The molecule has 296 valence electrons. The van der Waals surface area contributed by atoms with Gasteiger partial charge in [0.15, 0.2) is 30.0 Å². The first-order valence-electron chi connectivity index (χ1n) is 15.5. The molecule has 1 rings (SSSR count). The van der Waals surface area contributed by atoms with E-state index >= 15 is 0 Å². The van der Waals surface area contributed by atoms with Crippen molar-refractivity contribution >= 4 is 121 Å². The van der Waals surface area contributed by atoms with Crippen molar-refractivity contribution in [3.63, 3.8) is 0 Å². The number of esters is 6. The van der Waals surface area contributed by atoms with Gasteiger partial charge < -0.3 is 48.9 Å². The molecule has 0 bridgehead atoms. The van der Waals surface area contributed by atoms with Crippen LogP contribution in [0.5, 0.6) is 0 Å². The van der Waals surface area contributed by atoms with Crippen LogP contribution in [0.4, 0.5) is 0 Å². The molecule has 0 aromatic rings. The van der Waals surface area contributed by atoms with Gasteiger partial charge in [-0.25, -0.2) is 9.59 Å². The Hall–Kier alpha value is -3.14. The number of carbonyl (C=O) groups excluding carboxylic acids is 8. The number of carboxylic acid groups (broad SMARTS) is 1. The summed E-state index contributed by atoms with van der Waals surface area (Å²) in [6.07, 6.45) is -5.03. The minimum Gasteiger partial charge on any atom is -0.478 e. The van der Waals surface area contributed by atoms with Crippen molar-refractivity contribution in [3.8, 4) is 0 Å². The number of rotatable bonds is 20. The highest BCUT2D eigenvalue weighted by Crippen LogP contribution is 2.43. The molecule has 1 aliphatic carbocycles. The van der Waals surface area contributed by atoms with Crippen LogP contribution in [0, 0.1) is 0 Å². The lowest BCUT2D eigenvalue weighted by Crippen LogP contribution is -2.66. The SMILES string of the molecule is CCCOC(=O)COCC(=O)NC1(C(=O)NCC(OC(C)=O)C(OC(C)=O)C(OC(C)=O)C(COC(C)=O)OC(C)=O)C(I)=C(C(=O)O)C(I)=CC1I. The highest BCUT2D eigenvalue weighted by molar-refractivity contribution is 14.1. The van der Waals surface area contributed by atoms with E-state index in [9.17, 15) is 48.3 Å². The molecule has 2 amide bonds. The van der Waals surface area contributed by atoms with E-state index in [1.807, 2.05) is 0 Å². The molecule has 0 aromatic heterocycles. The summed E-state index contributed by atoms with van der Waals surface area (Å²) in [7, 11) is 0. The minimum atomic E-state index is -2.16. The molecule has 0 saturated heterocycles. The summed E-state index contributed by atoms with van der Waals surface area (Å²) in [5.41, 5.74) is -2.48. The summed E-state index contributed by atoms with van der Waals surface area (Å²) >= 11 is 5.18. The van der Waals surface area contributed by atoms with Crippen LogP contribution in [0.3, 0.4) is 0 Å².